The van der Waals surface area contributed by atoms with Gasteiger partial charge in [-0.05, 0) is 41.8 Å². The maximum absolute atomic E-state index is 13.5. The summed E-state index contributed by atoms with van der Waals surface area (Å²) in [6.07, 6.45) is -2.40. The minimum Gasteiger partial charge on any atom is -0.345 e. The molecule has 0 unspecified atom stereocenters. The minimum atomic E-state index is -4.74. The molecule has 0 bridgehead atoms. The van der Waals surface area contributed by atoms with Crippen LogP contribution in [0.5, 0.6) is 0 Å². The molecule has 0 radical (unpaired) electrons. The van der Waals surface area contributed by atoms with Crippen LogP contribution in [-0.4, -0.2) is 5.91 Å². The molecule has 2 rings (SSSR count). The lowest BCUT2D eigenvalue weighted by atomic mass is 10.0. The smallest absolute Gasteiger partial charge is 0.345 e. The second-order valence-electron chi connectivity index (χ2n) is 6.17. The quantitative estimate of drug-likeness (QED) is 0.407. The molecule has 7 heteroatoms. The Kier molecular flexibility index (Phi) is 6.94. The van der Waals surface area contributed by atoms with Crippen molar-refractivity contribution in [1.82, 2.24) is 5.32 Å². The van der Waals surface area contributed by atoms with Gasteiger partial charge in [0.2, 0.25) is 0 Å². The molecule has 1 amide bonds. The molecule has 0 aliphatic heterocycles. The Balaban J connectivity index is 2.30. The van der Waals surface area contributed by atoms with Crippen LogP contribution in [0, 0.1) is 17.1 Å². The highest BCUT2D eigenvalue weighted by Gasteiger charge is 2.31. The van der Waals surface area contributed by atoms with Gasteiger partial charge in [-0.3, -0.25) is 4.79 Å². The van der Waals surface area contributed by atoms with Crippen molar-refractivity contribution in [2.45, 2.75) is 32.0 Å². The Bertz CT molecular complexity index is 899. The third-order valence-corrected chi connectivity index (χ3v) is 4.01. The number of halogens is 4. The van der Waals surface area contributed by atoms with Crippen molar-refractivity contribution in [3.8, 4) is 6.07 Å². The summed E-state index contributed by atoms with van der Waals surface area (Å²) < 4.78 is 52.0. The summed E-state index contributed by atoms with van der Waals surface area (Å²) in [6.45, 7) is 1.94. The lowest BCUT2D eigenvalue weighted by Crippen LogP contribution is -2.29. The molecule has 0 fully saturated rings. The Morgan fingerprint density at radius 1 is 1.21 bits per heavy atom. The Morgan fingerprint density at radius 2 is 1.89 bits per heavy atom. The first-order valence-electron chi connectivity index (χ1n) is 8.60. The Morgan fingerprint density at radius 3 is 2.46 bits per heavy atom. The van der Waals surface area contributed by atoms with Crippen LogP contribution >= 0.6 is 0 Å². The van der Waals surface area contributed by atoms with Crippen LogP contribution in [0.25, 0.3) is 6.08 Å². The Labute approximate surface area is 160 Å². The van der Waals surface area contributed by atoms with E-state index in [2.05, 4.69) is 5.32 Å². The van der Waals surface area contributed by atoms with Crippen LogP contribution in [0.1, 0.15) is 42.5 Å². The van der Waals surface area contributed by atoms with E-state index in [0.29, 0.717) is 18.6 Å². The fourth-order valence-corrected chi connectivity index (χ4v) is 2.71. The van der Waals surface area contributed by atoms with Crippen LogP contribution in [0.3, 0.4) is 0 Å². The van der Waals surface area contributed by atoms with Gasteiger partial charge in [0.15, 0.2) is 0 Å². The number of nitriles is 1. The van der Waals surface area contributed by atoms with Crippen molar-refractivity contribution < 1.29 is 22.4 Å². The highest BCUT2D eigenvalue weighted by atomic mass is 19.4. The monoisotopic (exact) mass is 390 g/mol. The number of carbonyl (C=O) groups is 1. The van der Waals surface area contributed by atoms with Gasteiger partial charge in [-0.15, -0.1) is 0 Å². The van der Waals surface area contributed by atoms with Crippen molar-refractivity contribution in [3.63, 3.8) is 0 Å². The number of nitrogens with one attached hydrogen (secondary N) is 1. The zero-order valence-corrected chi connectivity index (χ0v) is 15.1. The standard InChI is InChI=1S/C21H18F4N2O/c1-2-6-19(15-7-4-3-5-8-15)27-20(28)16(13-26)9-14-10-17(21(23,24)25)12-18(22)11-14/h3-5,7-12,19H,2,6H2,1H3,(H,27,28)/b16-9+/t19-/m0/s1. The predicted octanol–water partition coefficient (Wildman–Crippen LogP) is 5.41. The van der Waals surface area contributed by atoms with Gasteiger partial charge in [0.25, 0.3) is 5.91 Å². The van der Waals surface area contributed by atoms with Crippen molar-refractivity contribution in [2.24, 2.45) is 0 Å². The van der Waals surface area contributed by atoms with E-state index in [1.807, 2.05) is 37.3 Å². The summed E-state index contributed by atoms with van der Waals surface area (Å²) in [5.41, 5.74) is -0.966. The van der Waals surface area contributed by atoms with Gasteiger partial charge in [0.05, 0.1) is 11.6 Å². The number of carbonyl (C=O) groups excluding carboxylic acids is 1. The fraction of sp³-hybridized carbons (Fsp3) is 0.238. The predicted molar refractivity (Wildman–Crippen MR) is 97.2 cm³/mol. The minimum absolute atomic E-state index is 0.217. The summed E-state index contributed by atoms with van der Waals surface area (Å²) >= 11 is 0. The average molecular weight is 390 g/mol. The molecule has 2 aromatic rings. The van der Waals surface area contributed by atoms with Gasteiger partial charge in [-0.25, -0.2) is 4.39 Å². The van der Waals surface area contributed by atoms with Crippen LogP contribution in [0.15, 0.2) is 54.1 Å². The van der Waals surface area contributed by atoms with Crippen molar-refractivity contribution in [3.05, 3.63) is 76.6 Å². The van der Waals surface area contributed by atoms with E-state index in [4.69, 9.17) is 0 Å². The van der Waals surface area contributed by atoms with Gasteiger partial charge < -0.3 is 5.32 Å². The molecule has 0 aliphatic carbocycles. The maximum Gasteiger partial charge on any atom is 0.416 e. The number of nitrogens with zero attached hydrogens (tertiary/aromatic N) is 1. The summed E-state index contributed by atoms with van der Waals surface area (Å²) in [4.78, 5) is 12.5. The highest BCUT2D eigenvalue weighted by Crippen LogP contribution is 2.31. The third-order valence-electron chi connectivity index (χ3n) is 4.01. The molecular weight excluding hydrogens is 372 g/mol. The van der Waals surface area contributed by atoms with E-state index in [9.17, 15) is 27.6 Å². The van der Waals surface area contributed by atoms with E-state index < -0.39 is 29.0 Å². The molecule has 0 saturated heterocycles. The number of hydrogen-bond donors (Lipinski definition) is 1. The molecule has 146 valence electrons. The number of benzene rings is 2. The normalized spacial score (nSPS) is 12.9. The molecule has 0 aromatic heterocycles. The van der Waals surface area contributed by atoms with Gasteiger partial charge in [0.1, 0.15) is 17.5 Å². The van der Waals surface area contributed by atoms with Crippen LogP contribution in [0.2, 0.25) is 0 Å². The molecule has 0 aliphatic rings. The molecule has 0 spiro atoms. The van der Waals surface area contributed by atoms with Gasteiger partial charge >= 0.3 is 6.18 Å². The van der Waals surface area contributed by atoms with E-state index >= 15 is 0 Å². The maximum atomic E-state index is 13.5. The number of amides is 1. The van der Waals surface area contributed by atoms with E-state index in [-0.39, 0.29) is 11.6 Å². The molecular formula is C21H18F4N2O. The van der Waals surface area contributed by atoms with E-state index in [0.717, 1.165) is 24.1 Å². The molecule has 3 nitrogen and oxygen atoms in total. The fourth-order valence-electron chi connectivity index (χ4n) is 2.71. The molecule has 1 atom stereocenters. The topological polar surface area (TPSA) is 52.9 Å². The largest absolute Gasteiger partial charge is 0.416 e. The first-order valence-corrected chi connectivity index (χ1v) is 8.60. The lowest BCUT2D eigenvalue weighted by molar-refractivity contribution is -0.137. The summed E-state index contributed by atoms with van der Waals surface area (Å²) in [5, 5.41) is 12.0. The van der Waals surface area contributed by atoms with Crippen molar-refractivity contribution >= 4 is 12.0 Å². The van der Waals surface area contributed by atoms with Crippen LogP contribution < -0.4 is 5.32 Å². The van der Waals surface area contributed by atoms with Crippen LogP contribution in [-0.2, 0) is 11.0 Å². The second-order valence-corrected chi connectivity index (χ2v) is 6.17. The van der Waals surface area contributed by atoms with E-state index in [1.54, 1.807) is 6.07 Å². The molecule has 28 heavy (non-hydrogen) atoms. The SMILES string of the molecule is CCC[C@H](NC(=O)/C(C#N)=C/c1cc(F)cc(C(F)(F)F)c1)c1ccccc1. The summed E-state index contributed by atoms with van der Waals surface area (Å²) in [7, 11) is 0. The van der Waals surface area contributed by atoms with Gasteiger partial charge in [-0.1, -0.05) is 43.7 Å². The molecule has 0 saturated carbocycles. The Hall–Kier alpha value is -3.14. The van der Waals surface area contributed by atoms with Crippen molar-refractivity contribution in [1.29, 1.82) is 5.26 Å². The molecule has 2 aromatic carbocycles. The second kappa shape index (κ2) is 9.18. The van der Waals surface area contributed by atoms with Gasteiger partial charge in [0, 0.05) is 0 Å². The zero-order chi connectivity index (χ0) is 20.7. The van der Waals surface area contributed by atoms with Crippen LogP contribution in [0.4, 0.5) is 17.6 Å². The highest BCUT2D eigenvalue weighted by molar-refractivity contribution is 6.01. The lowest BCUT2D eigenvalue weighted by Gasteiger charge is -2.18. The van der Waals surface area contributed by atoms with Gasteiger partial charge in [-0.2, -0.15) is 18.4 Å². The first-order chi connectivity index (χ1) is 13.2. The third kappa shape index (κ3) is 5.68. The van der Waals surface area contributed by atoms with Crippen molar-refractivity contribution in [2.75, 3.05) is 0 Å². The number of hydrogen-bond acceptors (Lipinski definition) is 2. The summed E-state index contributed by atoms with van der Waals surface area (Å²) in [5.74, 6) is -1.84. The molecule has 0 heterocycles. The van der Waals surface area contributed by atoms with E-state index in [1.165, 1.54) is 0 Å². The first kappa shape index (κ1) is 21.2. The zero-order valence-electron chi connectivity index (χ0n) is 15.1. The number of alkyl halides is 3. The molecule has 1 N–H and O–H groups in total. The summed E-state index contributed by atoms with van der Waals surface area (Å²) in [6, 6.07) is 12.3. The average Bonchev–Trinajstić information content (AvgIpc) is 2.65. The number of rotatable bonds is 6.